The first-order chi connectivity index (χ1) is 22.9. The highest BCUT2D eigenvalue weighted by atomic mass is 16.5. The van der Waals surface area contributed by atoms with Gasteiger partial charge in [0.15, 0.2) is 0 Å². The summed E-state index contributed by atoms with van der Waals surface area (Å²) in [5, 5.41) is 6.21. The summed E-state index contributed by atoms with van der Waals surface area (Å²) in [5.41, 5.74) is 6.98. The number of carbonyl (C=O) groups excluding carboxylic acids is 2. The molecule has 1 fully saturated rings. The van der Waals surface area contributed by atoms with Crippen LogP contribution in [-0.2, 0) is 17.9 Å². The summed E-state index contributed by atoms with van der Waals surface area (Å²) in [5.74, 6) is -0.196. The van der Waals surface area contributed by atoms with E-state index in [-0.39, 0.29) is 18.5 Å². The molecule has 10 nitrogen and oxygen atoms in total. The number of pyridine rings is 1. The van der Waals surface area contributed by atoms with Gasteiger partial charge < -0.3 is 20.3 Å². The van der Waals surface area contributed by atoms with Gasteiger partial charge in [0, 0.05) is 73.8 Å². The van der Waals surface area contributed by atoms with E-state index in [1.807, 2.05) is 67.6 Å². The van der Waals surface area contributed by atoms with Crippen molar-refractivity contribution in [2.75, 3.05) is 43.9 Å². The Morgan fingerprint density at radius 1 is 0.851 bits per heavy atom. The van der Waals surface area contributed by atoms with Crippen LogP contribution in [0.15, 0.2) is 104 Å². The van der Waals surface area contributed by atoms with Crippen LogP contribution in [0.4, 0.5) is 17.3 Å². The first kappa shape index (κ1) is 31.5. The second-order valence-corrected chi connectivity index (χ2v) is 11.7. The summed E-state index contributed by atoms with van der Waals surface area (Å²) >= 11 is 0. The van der Waals surface area contributed by atoms with Gasteiger partial charge in [-0.3, -0.25) is 14.7 Å². The number of ether oxygens (including phenoxy) is 1. The van der Waals surface area contributed by atoms with E-state index in [1.165, 1.54) is 5.56 Å². The molecular formula is C37H37N7O3. The Kier molecular flexibility index (Phi) is 9.90. The number of esters is 1. The van der Waals surface area contributed by atoms with Crippen LogP contribution in [0.2, 0.25) is 0 Å². The van der Waals surface area contributed by atoms with Crippen molar-refractivity contribution in [3.05, 3.63) is 131 Å². The van der Waals surface area contributed by atoms with Crippen LogP contribution in [0.5, 0.6) is 0 Å². The van der Waals surface area contributed by atoms with Crippen molar-refractivity contribution in [2.45, 2.75) is 20.1 Å². The summed E-state index contributed by atoms with van der Waals surface area (Å²) in [7, 11) is 2.15. The first-order valence-electron chi connectivity index (χ1n) is 15.6. The van der Waals surface area contributed by atoms with Crippen LogP contribution in [0.25, 0.3) is 11.3 Å². The molecule has 47 heavy (non-hydrogen) atoms. The molecule has 1 aliphatic heterocycles. The standard InChI is InChI=1S/C37H37N7O3/c1-26-5-14-32(22-34(26)42-37-39-17-15-33(41-37)31-4-3-16-38-23-31)40-35(45)29-10-8-28(9-11-29)25-47-36(46)30-12-6-27(7-13-30)24-44-20-18-43(2)19-21-44/h3-17,22-23H,18-21,24-25H2,1-2H3,(H,40,45)(H,39,41,42). The van der Waals surface area contributed by atoms with E-state index in [0.29, 0.717) is 22.8 Å². The molecule has 5 aromatic rings. The van der Waals surface area contributed by atoms with E-state index < -0.39 is 0 Å². The third kappa shape index (κ3) is 8.43. The van der Waals surface area contributed by atoms with E-state index in [4.69, 9.17) is 4.74 Å². The summed E-state index contributed by atoms with van der Waals surface area (Å²) in [6.07, 6.45) is 5.16. The van der Waals surface area contributed by atoms with Crippen molar-refractivity contribution in [1.82, 2.24) is 24.8 Å². The number of likely N-dealkylation sites (N-methyl/N-ethyl adjacent to an activating group) is 1. The molecule has 2 aromatic heterocycles. The van der Waals surface area contributed by atoms with Gasteiger partial charge in [0.25, 0.3) is 5.91 Å². The number of carbonyl (C=O) groups is 2. The highest BCUT2D eigenvalue weighted by Gasteiger charge is 2.15. The molecule has 1 amide bonds. The fraction of sp³-hybridized carbons (Fsp3) is 0.216. The lowest BCUT2D eigenvalue weighted by molar-refractivity contribution is 0.0472. The molecular weight excluding hydrogens is 590 g/mol. The predicted molar refractivity (Wildman–Crippen MR) is 182 cm³/mol. The average Bonchev–Trinajstić information content (AvgIpc) is 3.11. The Hall–Kier alpha value is -5.45. The maximum atomic E-state index is 13.0. The molecule has 0 saturated carbocycles. The van der Waals surface area contributed by atoms with Crippen molar-refractivity contribution >= 4 is 29.2 Å². The van der Waals surface area contributed by atoms with E-state index >= 15 is 0 Å². The number of rotatable bonds is 10. The number of nitrogens with zero attached hydrogens (tertiary/aromatic N) is 5. The normalized spacial score (nSPS) is 13.6. The molecule has 238 valence electrons. The molecule has 1 aliphatic rings. The van der Waals surface area contributed by atoms with Crippen molar-refractivity contribution in [2.24, 2.45) is 0 Å². The zero-order chi connectivity index (χ0) is 32.6. The number of benzene rings is 3. The molecule has 0 spiro atoms. The number of anilines is 3. The monoisotopic (exact) mass is 627 g/mol. The maximum Gasteiger partial charge on any atom is 0.338 e. The minimum Gasteiger partial charge on any atom is -0.457 e. The lowest BCUT2D eigenvalue weighted by atomic mass is 10.1. The average molecular weight is 628 g/mol. The Labute approximate surface area is 274 Å². The number of nitrogens with one attached hydrogen (secondary N) is 2. The van der Waals surface area contributed by atoms with Crippen LogP contribution in [0.1, 0.15) is 37.4 Å². The van der Waals surface area contributed by atoms with E-state index in [2.05, 4.69) is 42.4 Å². The molecule has 0 radical (unpaired) electrons. The largest absolute Gasteiger partial charge is 0.457 e. The van der Waals surface area contributed by atoms with Crippen LogP contribution >= 0.6 is 0 Å². The van der Waals surface area contributed by atoms with Gasteiger partial charge in [0.2, 0.25) is 5.95 Å². The highest BCUT2D eigenvalue weighted by molar-refractivity contribution is 6.04. The van der Waals surface area contributed by atoms with Gasteiger partial charge in [0.05, 0.1) is 11.3 Å². The number of piperazine rings is 1. The van der Waals surface area contributed by atoms with Crippen molar-refractivity contribution in [1.29, 1.82) is 0 Å². The molecule has 3 heterocycles. The molecule has 0 aliphatic carbocycles. The Morgan fingerprint density at radius 3 is 2.34 bits per heavy atom. The third-order valence-electron chi connectivity index (χ3n) is 8.13. The van der Waals surface area contributed by atoms with Crippen molar-refractivity contribution < 1.29 is 14.3 Å². The van der Waals surface area contributed by atoms with E-state index in [9.17, 15) is 9.59 Å². The van der Waals surface area contributed by atoms with Gasteiger partial charge in [-0.1, -0.05) is 30.3 Å². The summed E-state index contributed by atoms with van der Waals surface area (Å²) in [6, 6.07) is 25.9. The van der Waals surface area contributed by atoms with Gasteiger partial charge in [-0.25, -0.2) is 14.8 Å². The SMILES string of the molecule is Cc1ccc(NC(=O)c2ccc(COC(=O)c3ccc(CN4CCN(C)CC4)cc3)cc2)cc1Nc1nccc(-c2cccnc2)n1. The van der Waals surface area contributed by atoms with Gasteiger partial charge in [-0.15, -0.1) is 0 Å². The zero-order valence-electron chi connectivity index (χ0n) is 26.5. The van der Waals surface area contributed by atoms with Crippen LogP contribution in [0.3, 0.4) is 0 Å². The molecule has 1 saturated heterocycles. The summed E-state index contributed by atoms with van der Waals surface area (Å²) in [4.78, 5) is 43.6. The lowest BCUT2D eigenvalue weighted by Gasteiger charge is -2.32. The molecule has 2 N–H and O–H groups in total. The minimum atomic E-state index is -0.379. The zero-order valence-corrected chi connectivity index (χ0v) is 26.5. The number of hydrogen-bond donors (Lipinski definition) is 2. The van der Waals surface area contributed by atoms with Crippen molar-refractivity contribution in [3.8, 4) is 11.3 Å². The number of aryl methyl sites for hydroxylation is 1. The molecule has 3 aromatic carbocycles. The smallest absolute Gasteiger partial charge is 0.338 e. The Balaban J connectivity index is 1.01. The van der Waals surface area contributed by atoms with Crippen molar-refractivity contribution in [3.63, 3.8) is 0 Å². The summed E-state index contributed by atoms with van der Waals surface area (Å²) < 4.78 is 5.54. The fourth-order valence-corrected chi connectivity index (χ4v) is 5.25. The summed E-state index contributed by atoms with van der Waals surface area (Å²) in [6.45, 7) is 7.19. The second kappa shape index (κ2) is 14.8. The van der Waals surface area contributed by atoms with E-state index in [1.54, 1.807) is 42.9 Å². The predicted octanol–water partition coefficient (Wildman–Crippen LogP) is 5.95. The number of aromatic nitrogens is 3. The molecule has 6 rings (SSSR count). The number of amides is 1. The quantitative estimate of drug-likeness (QED) is 0.182. The molecule has 0 atom stereocenters. The number of hydrogen-bond acceptors (Lipinski definition) is 9. The van der Waals surface area contributed by atoms with Gasteiger partial charge in [-0.2, -0.15) is 0 Å². The fourth-order valence-electron chi connectivity index (χ4n) is 5.25. The lowest BCUT2D eigenvalue weighted by Crippen LogP contribution is -2.43. The topological polar surface area (TPSA) is 113 Å². The highest BCUT2D eigenvalue weighted by Crippen LogP contribution is 2.25. The Morgan fingerprint density at radius 2 is 1.60 bits per heavy atom. The molecule has 0 unspecified atom stereocenters. The van der Waals surface area contributed by atoms with Gasteiger partial charge in [-0.05, 0) is 85.3 Å². The van der Waals surface area contributed by atoms with Crippen LogP contribution < -0.4 is 10.6 Å². The van der Waals surface area contributed by atoms with Crippen LogP contribution in [0, 0.1) is 6.92 Å². The minimum absolute atomic E-state index is 0.112. The molecule has 0 bridgehead atoms. The second-order valence-electron chi connectivity index (χ2n) is 11.7. The van der Waals surface area contributed by atoms with E-state index in [0.717, 1.165) is 60.8 Å². The van der Waals surface area contributed by atoms with Gasteiger partial charge in [0.1, 0.15) is 6.61 Å². The maximum absolute atomic E-state index is 13.0. The third-order valence-corrected chi connectivity index (χ3v) is 8.13. The van der Waals surface area contributed by atoms with Crippen LogP contribution in [-0.4, -0.2) is 69.9 Å². The van der Waals surface area contributed by atoms with Gasteiger partial charge >= 0.3 is 5.97 Å². The molecule has 10 heteroatoms. The Bertz CT molecular complexity index is 1820. The first-order valence-corrected chi connectivity index (χ1v) is 15.6.